The Balaban J connectivity index is 1.72. The molecule has 6 heteroatoms. The lowest BCUT2D eigenvalue weighted by Gasteiger charge is -2.25. The average molecular weight is 335 g/mol. The first-order chi connectivity index (χ1) is 9.74. The highest BCUT2D eigenvalue weighted by Crippen LogP contribution is 2.31. The molecule has 0 saturated carbocycles. The normalized spacial score (nSPS) is 16.6. The van der Waals surface area contributed by atoms with Gasteiger partial charge in [-0.25, -0.2) is 4.98 Å². The number of ether oxygens (including phenoxy) is 2. The lowest BCUT2D eigenvalue weighted by molar-refractivity contribution is -0.125. The van der Waals surface area contributed by atoms with Crippen molar-refractivity contribution >= 4 is 27.5 Å². The lowest BCUT2D eigenvalue weighted by Crippen LogP contribution is -2.40. The van der Waals surface area contributed by atoms with Gasteiger partial charge in [-0.3, -0.25) is 4.79 Å². The fourth-order valence-electron chi connectivity index (χ4n) is 1.84. The summed E-state index contributed by atoms with van der Waals surface area (Å²) in [5, 5.41) is 2.76. The van der Waals surface area contributed by atoms with Crippen molar-refractivity contribution in [1.82, 2.24) is 4.98 Å². The number of rotatable bonds is 2. The van der Waals surface area contributed by atoms with Gasteiger partial charge in [0.15, 0.2) is 11.5 Å². The Morgan fingerprint density at radius 3 is 2.85 bits per heavy atom. The van der Waals surface area contributed by atoms with Crippen LogP contribution in [0.5, 0.6) is 11.5 Å². The van der Waals surface area contributed by atoms with Crippen molar-refractivity contribution in [2.24, 2.45) is 0 Å². The molecule has 1 aromatic carbocycles. The molecule has 1 N–H and O–H groups in total. The van der Waals surface area contributed by atoms with E-state index >= 15 is 0 Å². The summed E-state index contributed by atoms with van der Waals surface area (Å²) in [5.74, 6) is 0.955. The zero-order valence-corrected chi connectivity index (χ0v) is 12.0. The van der Waals surface area contributed by atoms with Crippen LogP contribution < -0.4 is 14.8 Å². The first-order valence-corrected chi connectivity index (χ1v) is 6.83. The number of benzene rings is 1. The van der Waals surface area contributed by atoms with Crippen LogP contribution in [0.2, 0.25) is 0 Å². The Bertz CT molecular complexity index is 648. The number of hydrogen-bond acceptors (Lipinski definition) is 4. The number of carbonyl (C=O) groups is 1. The van der Waals surface area contributed by atoms with Crippen molar-refractivity contribution in [1.29, 1.82) is 0 Å². The largest absolute Gasteiger partial charge is 0.485 e. The van der Waals surface area contributed by atoms with Gasteiger partial charge in [-0.15, -0.1) is 0 Å². The molecule has 0 saturated heterocycles. The van der Waals surface area contributed by atoms with E-state index in [4.69, 9.17) is 9.47 Å². The minimum atomic E-state index is -0.683. The number of halogens is 1. The molecule has 2 aromatic rings. The summed E-state index contributed by atoms with van der Waals surface area (Å²) in [4.78, 5) is 16.2. The summed E-state index contributed by atoms with van der Waals surface area (Å²) >= 11 is 3.28. The molecule has 2 heterocycles. The van der Waals surface area contributed by atoms with Crippen molar-refractivity contribution in [2.75, 3.05) is 11.9 Å². The maximum atomic E-state index is 12.2. The molecule has 20 heavy (non-hydrogen) atoms. The van der Waals surface area contributed by atoms with Crippen LogP contribution in [0, 0.1) is 0 Å². The van der Waals surface area contributed by atoms with Crippen LogP contribution >= 0.6 is 15.9 Å². The molecular weight excluding hydrogens is 324 g/mol. The molecule has 1 aromatic heterocycles. The number of pyridine rings is 1. The number of amides is 1. The summed E-state index contributed by atoms with van der Waals surface area (Å²) in [7, 11) is 0. The van der Waals surface area contributed by atoms with E-state index in [-0.39, 0.29) is 12.5 Å². The van der Waals surface area contributed by atoms with Gasteiger partial charge in [-0.2, -0.15) is 0 Å². The Morgan fingerprint density at radius 1 is 1.25 bits per heavy atom. The third-order valence-electron chi connectivity index (χ3n) is 2.82. The fraction of sp³-hybridized carbons (Fsp3) is 0.143. The van der Waals surface area contributed by atoms with Gasteiger partial charge in [0.05, 0.1) is 5.69 Å². The van der Waals surface area contributed by atoms with E-state index < -0.39 is 6.10 Å². The minimum Gasteiger partial charge on any atom is -0.485 e. The van der Waals surface area contributed by atoms with Crippen LogP contribution in [-0.2, 0) is 4.79 Å². The quantitative estimate of drug-likeness (QED) is 0.857. The van der Waals surface area contributed by atoms with Crippen LogP contribution in [0.25, 0.3) is 0 Å². The number of fused-ring (bicyclic) bond motifs is 1. The van der Waals surface area contributed by atoms with Crippen LogP contribution in [0.1, 0.15) is 0 Å². The first kappa shape index (κ1) is 12.9. The van der Waals surface area contributed by atoms with E-state index in [2.05, 4.69) is 26.2 Å². The smallest absolute Gasteiger partial charge is 0.269 e. The average Bonchev–Trinajstić information content (AvgIpc) is 2.49. The van der Waals surface area contributed by atoms with Crippen molar-refractivity contribution in [2.45, 2.75) is 6.10 Å². The summed E-state index contributed by atoms with van der Waals surface area (Å²) in [6.07, 6.45) is 0.952. The second-order valence-electron chi connectivity index (χ2n) is 4.20. The standard InChI is InChI=1S/C14H11BrN2O3/c15-13-9(4-3-7-16-13)17-14(18)12-8-19-10-5-1-2-6-11(10)20-12/h1-7,12H,8H2,(H,17,18). The number of para-hydroxylation sites is 2. The molecule has 1 amide bonds. The Labute approximate surface area is 124 Å². The third-order valence-corrected chi connectivity index (χ3v) is 3.45. The van der Waals surface area contributed by atoms with Crippen LogP contribution in [0.4, 0.5) is 5.69 Å². The molecule has 1 aliphatic rings. The second-order valence-corrected chi connectivity index (χ2v) is 4.95. The van der Waals surface area contributed by atoms with E-state index in [0.717, 1.165) is 0 Å². The Hall–Kier alpha value is -2.08. The van der Waals surface area contributed by atoms with Crippen LogP contribution in [-0.4, -0.2) is 23.6 Å². The number of hydrogen-bond donors (Lipinski definition) is 1. The van der Waals surface area contributed by atoms with Gasteiger partial charge in [0.2, 0.25) is 6.10 Å². The molecule has 0 bridgehead atoms. The summed E-state index contributed by atoms with van der Waals surface area (Å²) in [6.45, 7) is 0.181. The minimum absolute atomic E-state index is 0.181. The lowest BCUT2D eigenvalue weighted by atomic mass is 10.2. The number of aromatic nitrogens is 1. The maximum absolute atomic E-state index is 12.2. The molecule has 0 spiro atoms. The molecule has 0 fully saturated rings. The van der Waals surface area contributed by atoms with E-state index in [1.165, 1.54) is 0 Å². The van der Waals surface area contributed by atoms with Crippen molar-refractivity contribution in [3.63, 3.8) is 0 Å². The third kappa shape index (κ3) is 2.60. The van der Waals surface area contributed by atoms with Gasteiger partial charge in [-0.1, -0.05) is 12.1 Å². The van der Waals surface area contributed by atoms with Crippen LogP contribution in [0.3, 0.4) is 0 Å². The highest BCUT2D eigenvalue weighted by atomic mass is 79.9. The highest BCUT2D eigenvalue weighted by molar-refractivity contribution is 9.10. The predicted octanol–water partition coefficient (Wildman–Crippen LogP) is 2.62. The Kier molecular flexibility index (Phi) is 3.56. The molecule has 5 nitrogen and oxygen atoms in total. The zero-order chi connectivity index (χ0) is 13.9. The van der Waals surface area contributed by atoms with Gasteiger partial charge in [-0.05, 0) is 40.2 Å². The second kappa shape index (κ2) is 5.50. The van der Waals surface area contributed by atoms with E-state index in [9.17, 15) is 4.79 Å². The van der Waals surface area contributed by atoms with Gasteiger partial charge < -0.3 is 14.8 Å². The molecule has 1 atom stereocenters. The SMILES string of the molecule is O=C(Nc1cccnc1Br)C1COc2ccccc2O1. The van der Waals surface area contributed by atoms with Crippen molar-refractivity contribution < 1.29 is 14.3 Å². The number of nitrogens with zero attached hydrogens (tertiary/aromatic N) is 1. The predicted molar refractivity (Wildman–Crippen MR) is 76.9 cm³/mol. The van der Waals surface area contributed by atoms with Gasteiger partial charge in [0.25, 0.3) is 5.91 Å². The monoisotopic (exact) mass is 334 g/mol. The summed E-state index contributed by atoms with van der Waals surface area (Å²) < 4.78 is 11.7. The Morgan fingerprint density at radius 2 is 2.05 bits per heavy atom. The summed E-state index contributed by atoms with van der Waals surface area (Å²) in [6, 6.07) is 10.8. The molecule has 0 radical (unpaired) electrons. The van der Waals surface area contributed by atoms with Crippen LogP contribution in [0.15, 0.2) is 47.2 Å². The number of nitrogens with one attached hydrogen (secondary N) is 1. The summed E-state index contributed by atoms with van der Waals surface area (Å²) in [5.41, 5.74) is 0.597. The van der Waals surface area contributed by atoms with Gasteiger partial charge >= 0.3 is 0 Å². The molecule has 1 aliphatic heterocycles. The molecule has 0 aliphatic carbocycles. The first-order valence-electron chi connectivity index (χ1n) is 6.04. The molecule has 102 valence electrons. The van der Waals surface area contributed by atoms with E-state index in [1.54, 1.807) is 30.5 Å². The van der Waals surface area contributed by atoms with Crippen molar-refractivity contribution in [3.05, 3.63) is 47.2 Å². The maximum Gasteiger partial charge on any atom is 0.269 e. The topological polar surface area (TPSA) is 60.5 Å². The fourth-order valence-corrected chi connectivity index (χ4v) is 2.19. The van der Waals surface area contributed by atoms with Gasteiger partial charge in [0, 0.05) is 6.20 Å². The molecule has 3 rings (SSSR count). The zero-order valence-electron chi connectivity index (χ0n) is 10.4. The number of anilines is 1. The van der Waals surface area contributed by atoms with Crippen molar-refractivity contribution in [3.8, 4) is 11.5 Å². The molecular formula is C14H11BrN2O3. The van der Waals surface area contributed by atoms with E-state index in [0.29, 0.717) is 21.8 Å². The molecule has 1 unspecified atom stereocenters. The number of carbonyl (C=O) groups excluding carboxylic acids is 1. The van der Waals surface area contributed by atoms with E-state index in [1.807, 2.05) is 12.1 Å². The van der Waals surface area contributed by atoms with Gasteiger partial charge in [0.1, 0.15) is 11.2 Å². The highest BCUT2D eigenvalue weighted by Gasteiger charge is 2.27.